The van der Waals surface area contributed by atoms with E-state index in [1.54, 1.807) is 0 Å². The summed E-state index contributed by atoms with van der Waals surface area (Å²) in [6.45, 7) is 9.51. The van der Waals surface area contributed by atoms with Crippen LogP contribution in [0.2, 0.25) is 0 Å². The van der Waals surface area contributed by atoms with Crippen LogP contribution in [0.1, 0.15) is 49.9 Å². The number of para-hydroxylation sites is 3. The Hall–Kier alpha value is -7.16. The summed E-state index contributed by atoms with van der Waals surface area (Å²) in [6, 6.07) is 72.3. The van der Waals surface area contributed by atoms with Gasteiger partial charge >= 0.3 is 0 Å². The Morgan fingerprint density at radius 2 is 0.867 bits per heavy atom. The number of hydrogen-bond acceptors (Lipinski definition) is 1. The van der Waals surface area contributed by atoms with Crippen molar-refractivity contribution in [2.24, 2.45) is 0 Å². The fourth-order valence-corrected chi connectivity index (χ4v) is 11.0. The molecule has 2 heteroatoms. The first-order valence-electron chi connectivity index (χ1n) is 21.2. The molecule has 60 heavy (non-hydrogen) atoms. The van der Waals surface area contributed by atoms with Crippen LogP contribution in [-0.4, -0.2) is 4.57 Å². The minimum absolute atomic E-state index is 0.127. The number of hydrogen-bond donors (Lipinski definition) is 0. The van der Waals surface area contributed by atoms with Gasteiger partial charge in [-0.1, -0.05) is 179 Å². The zero-order valence-corrected chi connectivity index (χ0v) is 34.4. The van der Waals surface area contributed by atoms with Crippen LogP contribution < -0.4 is 4.90 Å². The van der Waals surface area contributed by atoms with Crippen molar-refractivity contribution in [3.05, 3.63) is 216 Å². The van der Waals surface area contributed by atoms with Crippen molar-refractivity contribution in [1.29, 1.82) is 0 Å². The van der Waals surface area contributed by atoms with E-state index in [0.717, 1.165) is 11.4 Å². The van der Waals surface area contributed by atoms with Gasteiger partial charge in [0.15, 0.2) is 0 Å². The summed E-state index contributed by atoms with van der Waals surface area (Å²) in [6.07, 6.45) is 0. The maximum atomic E-state index is 2.56. The van der Waals surface area contributed by atoms with Crippen molar-refractivity contribution in [1.82, 2.24) is 4.57 Å². The molecule has 10 aromatic rings. The van der Waals surface area contributed by atoms with E-state index in [0.29, 0.717) is 0 Å². The first kappa shape index (κ1) is 34.8. The van der Waals surface area contributed by atoms with Crippen molar-refractivity contribution in [3.63, 3.8) is 0 Å². The highest BCUT2D eigenvalue weighted by Gasteiger charge is 2.39. The van der Waals surface area contributed by atoms with Crippen LogP contribution in [0.4, 0.5) is 17.1 Å². The second-order valence-electron chi connectivity index (χ2n) is 17.7. The normalized spacial score (nSPS) is 14.3. The van der Waals surface area contributed by atoms with Gasteiger partial charge in [-0.3, -0.25) is 0 Å². The largest absolute Gasteiger partial charge is 0.309 e. The predicted molar refractivity (Wildman–Crippen MR) is 254 cm³/mol. The summed E-state index contributed by atoms with van der Waals surface area (Å²) in [5.41, 5.74) is 20.0. The molecular weight excluding hydrogens is 725 g/mol. The van der Waals surface area contributed by atoms with E-state index < -0.39 is 0 Å². The SMILES string of the molecule is CC1(C)c2ccccc2-c2ccc(N(c3cccc4c3-c3ccccc3C4(C)C)c3ccc(-c4ccccc4-n4c5ccccc5c5ccccc54)c4ccccc34)cc21. The average molecular weight is 769 g/mol. The van der Waals surface area contributed by atoms with E-state index in [9.17, 15) is 0 Å². The molecule has 2 nitrogen and oxygen atoms in total. The van der Waals surface area contributed by atoms with Gasteiger partial charge in [0.25, 0.3) is 0 Å². The van der Waals surface area contributed by atoms with E-state index in [2.05, 4.69) is 231 Å². The lowest BCUT2D eigenvalue weighted by molar-refractivity contribution is 0.660. The molecule has 1 aromatic heterocycles. The third kappa shape index (κ3) is 4.76. The van der Waals surface area contributed by atoms with E-state index in [4.69, 9.17) is 0 Å². The number of anilines is 3. The molecule has 0 saturated heterocycles. The Morgan fingerprint density at radius 3 is 1.60 bits per heavy atom. The van der Waals surface area contributed by atoms with E-state index in [-0.39, 0.29) is 10.8 Å². The number of benzene rings is 9. The summed E-state index contributed by atoms with van der Waals surface area (Å²) in [5, 5.41) is 4.95. The number of fused-ring (bicyclic) bond motifs is 10. The van der Waals surface area contributed by atoms with Gasteiger partial charge in [0, 0.05) is 43.8 Å². The topological polar surface area (TPSA) is 8.17 Å². The van der Waals surface area contributed by atoms with Crippen LogP contribution >= 0.6 is 0 Å². The highest BCUT2D eigenvalue weighted by molar-refractivity contribution is 6.12. The van der Waals surface area contributed by atoms with Gasteiger partial charge < -0.3 is 9.47 Å². The summed E-state index contributed by atoms with van der Waals surface area (Å²) >= 11 is 0. The van der Waals surface area contributed by atoms with Gasteiger partial charge in [0.2, 0.25) is 0 Å². The predicted octanol–water partition coefficient (Wildman–Crippen LogP) is 15.7. The van der Waals surface area contributed by atoms with Crippen LogP contribution in [0.5, 0.6) is 0 Å². The van der Waals surface area contributed by atoms with Crippen LogP contribution in [-0.2, 0) is 10.8 Å². The molecule has 0 aliphatic heterocycles. The first-order valence-corrected chi connectivity index (χ1v) is 21.2. The number of aromatic nitrogens is 1. The maximum absolute atomic E-state index is 2.56. The Balaban J connectivity index is 1.12. The number of nitrogens with zero attached hydrogens (tertiary/aromatic N) is 2. The van der Waals surface area contributed by atoms with Crippen molar-refractivity contribution in [2.45, 2.75) is 38.5 Å². The second kappa shape index (κ2) is 12.7. The lowest BCUT2D eigenvalue weighted by atomic mass is 9.82. The van der Waals surface area contributed by atoms with Crippen molar-refractivity contribution in [2.75, 3.05) is 4.90 Å². The van der Waals surface area contributed by atoms with E-state index in [1.165, 1.54) is 99.6 Å². The van der Waals surface area contributed by atoms with E-state index in [1.807, 2.05) is 0 Å². The zero-order valence-electron chi connectivity index (χ0n) is 34.4. The minimum Gasteiger partial charge on any atom is -0.309 e. The lowest BCUT2D eigenvalue weighted by Gasteiger charge is -2.31. The maximum Gasteiger partial charge on any atom is 0.0543 e. The molecule has 0 amide bonds. The molecule has 286 valence electrons. The monoisotopic (exact) mass is 768 g/mol. The van der Waals surface area contributed by atoms with Crippen LogP contribution in [0.25, 0.3) is 71.6 Å². The third-order valence-corrected chi connectivity index (χ3v) is 13.8. The van der Waals surface area contributed by atoms with Gasteiger partial charge in [0.05, 0.1) is 28.1 Å². The van der Waals surface area contributed by atoms with Crippen LogP contribution in [0.3, 0.4) is 0 Å². The van der Waals surface area contributed by atoms with Gasteiger partial charge in [-0.25, -0.2) is 0 Å². The third-order valence-electron chi connectivity index (χ3n) is 13.8. The Morgan fingerprint density at radius 1 is 0.350 bits per heavy atom. The van der Waals surface area contributed by atoms with Gasteiger partial charge in [-0.05, 0) is 92.4 Å². The van der Waals surface area contributed by atoms with Gasteiger partial charge in [0.1, 0.15) is 0 Å². The van der Waals surface area contributed by atoms with Crippen LogP contribution in [0, 0.1) is 0 Å². The smallest absolute Gasteiger partial charge is 0.0543 e. The van der Waals surface area contributed by atoms with Crippen molar-refractivity contribution in [3.8, 4) is 39.1 Å². The van der Waals surface area contributed by atoms with Crippen LogP contribution in [0.15, 0.2) is 194 Å². The molecule has 0 radical (unpaired) electrons. The summed E-state index contributed by atoms with van der Waals surface area (Å²) < 4.78 is 2.45. The molecule has 0 unspecified atom stereocenters. The quantitative estimate of drug-likeness (QED) is 0.169. The molecule has 9 aromatic carbocycles. The lowest BCUT2D eigenvalue weighted by Crippen LogP contribution is -2.17. The minimum atomic E-state index is -0.136. The number of rotatable bonds is 5. The summed E-state index contributed by atoms with van der Waals surface area (Å²) in [7, 11) is 0. The Labute approximate surface area is 351 Å². The molecule has 2 aliphatic carbocycles. The summed E-state index contributed by atoms with van der Waals surface area (Å²) in [5.74, 6) is 0. The highest BCUT2D eigenvalue weighted by Crippen LogP contribution is 2.56. The zero-order chi connectivity index (χ0) is 40.3. The van der Waals surface area contributed by atoms with E-state index >= 15 is 0 Å². The molecule has 0 fully saturated rings. The average Bonchev–Trinajstić information content (AvgIpc) is 3.84. The van der Waals surface area contributed by atoms with Gasteiger partial charge in [-0.2, -0.15) is 0 Å². The second-order valence-corrected chi connectivity index (χ2v) is 17.7. The highest BCUT2D eigenvalue weighted by atomic mass is 15.1. The van der Waals surface area contributed by atoms with Gasteiger partial charge in [-0.15, -0.1) is 0 Å². The van der Waals surface area contributed by atoms with Crippen molar-refractivity contribution >= 4 is 49.6 Å². The molecule has 1 heterocycles. The fraction of sp³-hybridized carbons (Fsp3) is 0.103. The molecular formula is C58H44N2. The Kier molecular flexibility index (Phi) is 7.36. The first-order chi connectivity index (χ1) is 29.3. The molecule has 2 aliphatic rings. The summed E-state index contributed by atoms with van der Waals surface area (Å²) in [4.78, 5) is 2.56. The van der Waals surface area contributed by atoms with Crippen molar-refractivity contribution < 1.29 is 0 Å². The molecule has 0 bridgehead atoms. The molecule has 0 N–H and O–H groups in total. The Bertz CT molecular complexity index is 3340. The molecule has 12 rings (SSSR count). The molecule has 0 atom stereocenters. The standard InChI is InChI=1S/C58H44N2/c1-57(2)48-26-13-8-24-46(48)56-49(57)27-17-31-55(56)59(37-32-33-41-40-19-7-12-25-47(40)58(3,4)50(41)36-37)54-35-34-39(38-18-5-6-20-42(38)54)43-21-9-14-28-51(43)60-52-29-15-10-22-44(52)45-23-11-16-30-53(45)60/h5-36H,1-4H3. The molecule has 0 spiro atoms. The molecule has 0 saturated carbocycles. The fourth-order valence-electron chi connectivity index (χ4n) is 11.0.